The van der Waals surface area contributed by atoms with Crippen LogP contribution in [0.2, 0.25) is 0 Å². The van der Waals surface area contributed by atoms with Crippen LogP contribution >= 0.6 is 11.8 Å². The van der Waals surface area contributed by atoms with E-state index in [1.807, 2.05) is 11.8 Å². The van der Waals surface area contributed by atoms with E-state index in [2.05, 4.69) is 43.8 Å². The molecule has 0 aliphatic heterocycles. The smallest absolute Gasteiger partial charge is 0.262 e. The number of thioether (sulfide) groups is 1. The minimum atomic E-state index is 1.18. The molecule has 0 saturated carbocycles. The van der Waals surface area contributed by atoms with Gasteiger partial charge in [-0.15, -0.1) is 0 Å². The molecule has 108 valence electrons. The SMILES string of the molecule is CCCCCCCCCC/[N+](C)=C(/SC)N(C)C. The molecule has 18 heavy (non-hydrogen) atoms. The summed E-state index contributed by atoms with van der Waals surface area (Å²) in [5.74, 6) is 0. The van der Waals surface area contributed by atoms with Gasteiger partial charge in [0.15, 0.2) is 0 Å². The average molecular weight is 274 g/mol. The van der Waals surface area contributed by atoms with Gasteiger partial charge in [-0.25, -0.2) is 0 Å². The molecule has 3 heteroatoms. The molecule has 0 aromatic heterocycles. The lowest BCUT2D eigenvalue weighted by atomic mass is 10.1. The van der Waals surface area contributed by atoms with E-state index >= 15 is 0 Å². The van der Waals surface area contributed by atoms with Crippen molar-refractivity contribution in [3.8, 4) is 0 Å². The Bertz CT molecular complexity index is 225. The summed E-state index contributed by atoms with van der Waals surface area (Å²) in [7, 11) is 6.44. The fourth-order valence-corrected chi connectivity index (χ4v) is 3.03. The van der Waals surface area contributed by atoms with Crippen LogP contribution in [0.4, 0.5) is 0 Å². The number of unbranched alkanes of at least 4 members (excludes halogenated alkanes) is 7. The van der Waals surface area contributed by atoms with Crippen LogP contribution in [0.15, 0.2) is 0 Å². The summed E-state index contributed by atoms with van der Waals surface area (Å²) in [6.07, 6.45) is 13.3. The second-order valence-corrected chi connectivity index (χ2v) is 6.05. The minimum Gasteiger partial charge on any atom is -0.262 e. The Balaban J connectivity index is 3.59. The third kappa shape index (κ3) is 8.84. The normalized spacial score (nSPS) is 12.5. The summed E-state index contributed by atoms with van der Waals surface area (Å²) in [5.41, 5.74) is 0. The first-order valence-corrected chi connectivity index (χ1v) is 8.65. The van der Waals surface area contributed by atoms with Crippen LogP contribution in [0.5, 0.6) is 0 Å². The average Bonchev–Trinajstić information content (AvgIpc) is 2.33. The van der Waals surface area contributed by atoms with Crippen molar-refractivity contribution in [2.45, 2.75) is 58.3 Å². The third-order valence-electron chi connectivity index (χ3n) is 3.24. The van der Waals surface area contributed by atoms with Crippen LogP contribution in [-0.2, 0) is 0 Å². The van der Waals surface area contributed by atoms with Crippen molar-refractivity contribution in [3.63, 3.8) is 0 Å². The molecule has 0 heterocycles. The predicted octanol–water partition coefficient (Wildman–Crippen LogP) is 4.05. The van der Waals surface area contributed by atoms with Crippen molar-refractivity contribution in [2.24, 2.45) is 0 Å². The van der Waals surface area contributed by atoms with Gasteiger partial charge < -0.3 is 0 Å². The van der Waals surface area contributed by atoms with Crippen LogP contribution in [0.3, 0.4) is 0 Å². The molecule has 0 atom stereocenters. The Morgan fingerprint density at radius 1 is 0.944 bits per heavy atom. The van der Waals surface area contributed by atoms with Crippen LogP contribution in [0.25, 0.3) is 0 Å². The summed E-state index contributed by atoms with van der Waals surface area (Å²) in [6, 6.07) is 0. The molecule has 0 aromatic rings. The summed E-state index contributed by atoms with van der Waals surface area (Å²) in [4.78, 5) is 2.20. The Kier molecular flexibility index (Phi) is 11.8. The zero-order chi connectivity index (χ0) is 13.8. The van der Waals surface area contributed by atoms with E-state index in [0.717, 1.165) is 0 Å². The first-order chi connectivity index (χ1) is 8.63. The number of hydrogen-bond donors (Lipinski definition) is 0. The van der Waals surface area contributed by atoms with E-state index in [4.69, 9.17) is 0 Å². The van der Waals surface area contributed by atoms with Crippen LogP contribution < -0.4 is 0 Å². The zero-order valence-corrected chi connectivity index (χ0v) is 14.0. The first kappa shape index (κ1) is 17.8. The van der Waals surface area contributed by atoms with E-state index in [1.54, 1.807) is 0 Å². The molecule has 0 aliphatic rings. The summed E-state index contributed by atoms with van der Waals surface area (Å²) in [6.45, 7) is 3.46. The topological polar surface area (TPSA) is 6.25 Å². The van der Waals surface area contributed by atoms with Crippen molar-refractivity contribution in [1.82, 2.24) is 4.90 Å². The Hall–Kier alpha value is -0.180. The molecule has 0 spiro atoms. The molecular weight excluding hydrogens is 240 g/mol. The van der Waals surface area contributed by atoms with Gasteiger partial charge in [0.25, 0.3) is 0 Å². The Morgan fingerprint density at radius 2 is 1.44 bits per heavy atom. The third-order valence-corrected chi connectivity index (χ3v) is 4.28. The van der Waals surface area contributed by atoms with Gasteiger partial charge in [0.05, 0.1) is 27.7 Å². The van der Waals surface area contributed by atoms with E-state index < -0.39 is 0 Å². The lowest BCUT2D eigenvalue weighted by Gasteiger charge is -2.11. The Morgan fingerprint density at radius 3 is 1.89 bits per heavy atom. The molecule has 0 amide bonds. The fraction of sp³-hybridized carbons (Fsp3) is 0.933. The van der Waals surface area contributed by atoms with Crippen LogP contribution in [0.1, 0.15) is 58.3 Å². The molecule has 0 aliphatic carbocycles. The summed E-state index contributed by atoms with van der Waals surface area (Å²) >= 11 is 1.83. The highest BCUT2D eigenvalue weighted by atomic mass is 32.2. The number of rotatable bonds is 9. The van der Waals surface area contributed by atoms with Crippen molar-refractivity contribution in [3.05, 3.63) is 0 Å². The molecule has 0 bridgehead atoms. The molecule has 2 nitrogen and oxygen atoms in total. The monoisotopic (exact) mass is 273 g/mol. The highest BCUT2D eigenvalue weighted by molar-refractivity contribution is 8.12. The zero-order valence-electron chi connectivity index (χ0n) is 13.2. The molecule has 0 saturated heterocycles. The number of nitrogens with zero attached hydrogens (tertiary/aromatic N) is 2. The van der Waals surface area contributed by atoms with Gasteiger partial charge >= 0.3 is 5.17 Å². The first-order valence-electron chi connectivity index (χ1n) is 7.42. The molecule has 0 aromatic carbocycles. The standard InChI is InChI=1S/C15H33N2S/c1-6-7-8-9-10-11-12-13-14-17(4)15(18-5)16(2)3/h6-14H2,1-5H3/q+1. The van der Waals surface area contributed by atoms with Crippen molar-refractivity contribution in [1.29, 1.82) is 0 Å². The van der Waals surface area contributed by atoms with Gasteiger partial charge in [0.2, 0.25) is 0 Å². The lowest BCUT2D eigenvalue weighted by Crippen LogP contribution is -2.28. The predicted molar refractivity (Wildman–Crippen MR) is 85.9 cm³/mol. The van der Waals surface area contributed by atoms with Gasteiger partial charge in [-0.05, 0) is 30.9 Å². The quantitative estimate of drug-likeness (QED) is 0.271. The van der Waals surface area contributed by atoms with Crippen molar-refractivity contribution in [2.75, 3.05) is 33.9 Å². The molecule has 0 fully saturated rings. The molecule has 0 N–H and O–H groups in total. The van der Waals surface area contributed by atoms with E-state index in [0.29, 0.717) is 0 Å². The second-order valence-electron chi connectivity index (χ2n) is 5.28. The van der Waals surface area contributed by atoms with E-state index in [-0.39, 0.29) is 0 Å². The van der Waals surface area contributed by atoms with Gasteiger partial charge in [0.1, 0.15) is 0 Å². The molecule has 0 radical (unpaired) electrons. The molecule has 0 unspecified atom stereocenters. The summed E-state index contributed by atoms with van der Waals surface area (Å²) < 4.78 is 2.38. The maximum atomic E-state index is 2.38. The number of amidine groups is 1. The molecule has 0 rings (SSSR count). The van der Waals surface area contributed by atoms with E-state index in [1.165, 1.54) is 63.1 Å². The highest BCUT2D eigenvalue weighted by Crippen LogP contribution is 2.08. The lowest BCUT2D eigenvalue weighted by molar-refractivity contribution is -0.499. The second kappa shape index (κ2) is 11.9. The van der Waals surface area contributed by atoms with Crippen molar-refractivity contribution >= 4 is 16.9 Å². The fourth-order valence-electron chi connectivity index (χ4n) is 2.26. The van der Waals surface area contributed by atoms with Crippen molar-refractivity contribution < 1.29 is 4.58 Å². The maximum Gasteiger partial charge on any atom is 0.307 e. The maximum absolute atomic E-state index is 2.38. The van der Waals surface area contributed by atoms with Gasteiger partial charge in [-0.1, -0.05) is 45.4 Å². The van der Waals surface area contributed by atoms with Gasteiger partial charge in [-0.2, -0.15) is 0 Å². The van der Waals surface area contributed by atoms with Crippen LogP contribution in [-0.4, -0.2) is 48.6 Å². The van der Waals surface area contributed by atoms with E-state index in [9.17, 15) is 0 Å². The molecular formula is C15H33N2S+. The summed E-state index contributed by atoms with van der Waals surface area (Å²) in [5, 5.41) is 1.36. The highest BCUT2D eigenvalue weighted by Gasteiger charge is 2.10. The Labute approximate surface area is 119 Å². The largest absolute Gasteiger partial charge is 0.307 e. The van der Waals surface area contributed by atoms with Gasteiger partial charge in [0, 0.05) is 0 Å². The van der Waals surface area contributed by atoms with Gasteiger partial charge in [-0.3, -0.25) is 9.48 Å². The van der Waals surface area contributed by atoms with Crippen LogP contribution in [0, 0.1) is 0 Å². The number of hydrogen-bond acceptors (Lipinski definition) is 1. The minimum absolute atomic E-state index is 1.18.